The van der Waals surface area contributed by atoms with Gasteiger partial charge in [-0.05, 0) is 96.5 Å². The minimum absolute atomic E-state index is 0.574. The predicted octanol–water partition coefficient (Wildman–Crippen LogP) is 20.9. The molecular weight excluding hydrogens is 857 g/mol. The Bertz CT molecular complexity index is 1900. The summed E-state index contributed by atoms with van der Waals surface area (Å²) in [6.07, 6.45) is 38.3. The first-order valence-corrected chi connectivity index (χ1v) is 28.7. The van der Waals surface area contributed by atoms with Crippen LogP contribution in [-0.4, -0.2) is 26.4 Å². The number of hydrogen-bond acceptors (Lipinski definition) is 4. The molecule has 0 saturated carbocycles. The van der Waals surface area contributed by atoms with Crippen molar-refractivity contribution in [3.63, 3.8) is 0 Å². The first kappa shape index (κ1) is 56.2. The van der Waals surface area contributed by atoms with Gasteiger partial charge >= 0.3 is 0 Å². The van der Waals surface area contributed by atoms with Gasteiger partial charge in [-0.3, -0.25) is 0 Å². The molecule has 0 atom stereocenters. The summed E-state index contributed by atoms with van der Waals surface area (Å²) in [5, 5.41) is 0. The van der Waals surface area contributed by atoms with Gasteiger partial charge in [0.15, 0.2) is 0 Å². The smallest absolute Gasteiger partial charge is 0.127 e. The highest BCUT2D eigenvalue weighted by molar-refractivity contribution is 5.83. The van der Waals surface area contributed by atoms with Crippen LogP contribution in [0.4, 0.5) is 0 Å². The predicted molar refractivity (Wildman–Crippen MR) is 302 cm³/mol. The number of rotatable bonds is 40. The van der Waals surface area contributed by atoms with E-state index in [9.17, 15) is 0 Å². The van der Waals surface area contributed by atoms with Gasteiger partial charge in [0, 0.05) is 11.1 Å². The third-order valence-corrected chi connectivity index (χ3v) is 14.0. The van der Waals surface area contributed by atoms with Gasteiger partial charge in [-0.15, -0.1) is 0 Å². The Morgan fingerprint density at radius 1 is 0.243 bits per heavy atom. The zero-order valence-corrected chi connectivity index (χ0v) is 44.7. The first-order valence-electron chi connectivity index (χ1n) is 28.7. The van der Waals surface area contributed by atoms with Crippen LogP contribution in [0.3, 0.4) is 0 Å². The van der Waals surface area contributed by atoms with Crippen molar-refractivity contribution in [2.45, 2.75) is 207 Å². The van der Waals surface area contributed by atoms with Crippen LogP contribution >= 0.6 is 0 Å². The minimum Gasteiger partial charge on any atom is -0.494 e. The Kier molecular flexibility index (Phi) is 28.4. The third kappa shape index (κ3) is 21.3. The summed E-state index contributed by atoms with van der Waals surface area (Å²) in [5.74, 6) is 3.59. The van der Waals surface area contributed by atoms with E-state index in [-0.39, 0.29) is 0 Å². The Morgan fingerprint density at radius 3 is 0.729 bits per heavy atom. The summed E-state index contributed by atoms with van der Waals surface area (Å²) < 4.78 is 24.9. The lowest BCUT2D eigenvalue weighted by atomic mass is 9.95. The number of benzene rings is 5. The second-order valence-electron chi connectivity index (χ2n) is 19.8. The fraction of sp³-hybridized carbons (Fsp3) is 0.545. The third-order valence-electron chi connectivity index (χ3n) is 14.0. The average molecular weight is 951 g/mol. The monoisotopic (exact) mass is 951 g/mol. The van der Waals surface area contributed by atoms with Crippen LogP contribution in [0, 0.1) is 0 Å². The summed E-state index contributed by atoms with van der Waals surface area (Å²) in [6, 6.07) is 38.9. The van der Waals surface area contributed by atoms with E-state index in [2.05, 4.69) is 123 Å². The molecule has 5 aromatic rings. The second kappa shape index (κ2) is 35.4. The SMILES string of the molecule is CCCCCCCCCCCCCCCCOc1ccc(-c2ccc(-c3cc(OCC)c(-c4ccc(-c5ccc(OCCCCCCCCCCCCCCCC)cc5)cc4)cc3OCC)cc2)cc1. The normalized spacial score (nSPS) is 11.3. The highest BCUT2D eigenvalue weighted by Gasteiger charge is 2.16. The molecule has 0 unspecified atom stereocenters. The van der Waals surface area contributed by atoms with Gasteiger partial charge in [-0.1, -0.05) is 254 Å². The topological polar surface area (TPSA) is 36.9 Å². The van der Waals surface area contributed by atoms with E-state index in [1.807, 2.05) is 13.8 Å². The van der Waals surface area contributed by atoms with Crippen LogP contribution < -0.4 is 18.9 Å². The van der Waals surface area contributed by atoms with E-state index in [0.717, 1.165) is 71.3 Å². The molecule has 0 radical (unpaired) electrons. The maximum Gasteiger partial charge on any atom is 0.127 e. The molecule has 0 aliphatic carbocycles. The second-order valence-corrected chi connectivity index (χ2v) is 19.8. The molecule has 4 nitrogen and oxygen atoms in total. The first-order chi connectivity index (χ1) is 34.6. The maximum absolute atomic E-state index is 6.31. The quantitative estimate of drug-likeness (QED) is 0.0367. The van der Waals surface area contributed by atoms with Crippen LogP contribution in [0.25, 0.3) is 44.5 Å². The fourth-order valence-electron chi connectivity index (χ4n) is 9.71. The van der Waals surface area contributed by atoms with Crippen molar-refractivity contribution in [3.05, 3.63) is 109 Å². The van der Waals surface area contributed by atoms with E-state index in [0.29, 0.717) is 13.2 Å². The summed E-state index contributed by atoms with van der Waals surface area (Å²) in [6.45, 7) is 11.4. The lowest BCUT2D eigenvalue weighted by molar-refractivity contribution is 0.304. The van der Waals surface area contributed by atoms with Gasteiger partial charge in [0.1, 0.15) is 23.0 Å². The highest BCUT2D eigenvalue weighted by atomic mass is 16.5. The number of ether oxygens (including phenoxy) is 4. The van der Waals surface area contributed by atoms with Crippen LogP contribution in [0.1, 0.15) is 207 Å². The standard InChI is InChI=1S/C66H94O4/c1-5-9-11-13-15-17-19-21-23-25-27-29-31-33-51-69-61-47-43-57(44-48-61)55-35-39-59(40-36-55)63-53-66(68-8-4)64(54-65(63)67-7-3)60-41-37-56(38-42-60)58-45-49-62(50-46-58)70-52-34-32-30-28-26-24-22-20-18-16-14-12-10-6-2/h35-50,53-54H,5-34,51-52H2,1-4H3. The lowest BCUT2D eigenvalue weighted by Gasteiger charge is -2.18. The van der Waals surface area contributed by atoms with Crippen molar-refractivity contribution in [2.24, 2.45) is 0 Å². The van der Waals surface area contributed by atoms with E-state index in [4.69, 9.17) is 18.9 Å². The molecule has 0 fully saturated rings. The Morgan fingerprint density at radius 2 is 0.471 bits per heavy atom. The van der Waals surface area contributed by atoms with E-state index in [1.165, 1.54) is 189 Å². The lowest BCUT2D eigenvalue weighted by Crippen LogP contribution is -1.99. The summed E-state index contributed by atoms with van der Waals surface area (Å²) >= 11 is 0. The Labute approximate surface area is 427 Å². The highest BCUT2D eigenvalue weighted by Crippen LogP contribution is 2.42. The van der Waals surface area contributed by atoms with Crippen molar-refractivity contribution in [1.29, 1.82) is 0 Å². The number of hydrogen-bond donors (Lipinski definition) is 0. The molecule has 382 valence electrons. The molecule has 0 heterocycles. The molecule has 0 spiro atoms. The molecule has 0 aliphatic heterocycles. The molecule has 0 amide bonds. The van der Waals surface area contributed by atoms with Crippen molar-refractivity contribution in [1.82, 2.24) is 0 Å². The molecule has 70 heavy (non-hydrogen) atoms. The molecule has 0 aromatic heterocycles. The molecule has 5 rings (SSSR count). The fourth-order valence-corrected chi connectivity index (χ4v) is 9.71. The van der Waals surface area contributed by atoms with Gasteiger partial charge < -0.3 is 18.9 Å². The van der Waals surface area contributed by atoms with Gasteiger partial charge in [-0.25, -0.2) is 0 Å². The van der Waals surface area contributed by atoms with Crippen molar-refractivity contribution in [2.75, 3.05) is 26.4 Å². The molecule has 5 aromatic carbocycles. The largest absolute Gasteiger partial charge is 0.494 e. The van der Waals surface area contributed by atoms with Gasteiger partial charge in [0.25, 0.3) is 0 Å². The molecular formula is C66H94O4. The molecule has 0 saturated heterocycles. The summed E-state index contributed by atoms with van der Waals surface area (Å²) in [4.78, 5) is 0. The summed E-state index contributed by atoms with van der Waals surface area (Å²) in [7, 11) is 0. The van der Waals surface area contributed by atoms with Gasteiger partial charge in [0.05, 0.1) is 26.4 Å². The average Bonchev–Trinajstić information content (AvgIpc) is 3.39. The zero-order valence-electron chi connectivity index (χ0n) is 44.7. The molecule has 0 bridgehead atoms. The summed E-state index contributed by atoms with van der Waals surface area (Å²) in [5.41, 5.74) is 8.93. The van der Waals surface area contributed by atoms with E-state index >= 15 is 0 Å². The zero-order chi connectivity index (χ0) is 49.1. The van der Waals surface area contributed by atoms with Crippen LogP contribution in [-0.2, 0) is 0 Å². The van der Waals surface area contributed by atoms with E-state index in [1.54, 1.807) is 0 Å². The Balaban J connectivity index is 1.04. The molecule has 0 N–H and O–H groups in total. The Hall–Kier alpha value is -4.70. The van der Waals surface area contributed by atoms with Gasteiger partial charge in [-0.2, -0.15) is 0 Å². The maximum atomic E-state index is 6.31. The van der Waals surface area contributed by atoms with Crippen LogP contribution in [0.2, 0.25) is 0 Å². The number of unbranched alkanes of at least 4 members (excludes halogenated alkanes) is 26. The van der Waals surface area contributed by atoms with E-state index < -0.39 is 0 Å². The van der Waals surface area contributed by atoms with Crippen LogP contribution in [0.15, 0.2) is 109 Å². The van der Waals surface area contributed by atoms with Crippen molar-refractivity contribution in [3.8, 4) is 67.5 Å². The van der Waals surface area contributed by atoms with Crippen LogP contribution in [0.5, 0.6) is 23.0 Å². The van der Waals surface area contributed by atoms with Crippen molar-refractivity contribution < 1.29 is 18.9 Å². The van der Waals surface area contributed by atoms with Crippen molar-refractivity contribution >= 4 is 0 Å². The van der Waals surface area contributed by atoms with Gasteiger partial charge in [0.2, 0.25) is 0 Å². The molecule has 0 aliphatic rings. The molecule has 4 heteroatoms. The minimum atomic E-state index is 0.574.